The van der Waals surface area contributed by atoms with Gasteiger partial charge in [0.15, 0.2) is 0 Å². The van der Waals surface area contributed by atoms with Crippen molar-refractivity contribution in [1.29, 1.82) is 0 Å². The van der Waals surface area contributed by atoms with Gasteiger partial charge in [-0.05, 0) is 64.0 Å². The first-order valence-corrected chi connectivity index (χ1v) is 14.5. The van der Waals surface area contributed by atoms with Crippen LogP contribution in [0.3, 0.4) is 0 Å². The molecule has 3 heterocycles. The molecule has 0 saturated carbocycles. The number of hydrogen-bond donors (Lipinski definition) is 1. The topological polar surface area (TPSA) is 97.2 Å². The Morgan fingerprint density at radius 1 is 1.23 bits per heavy atom. The zero-order valence-corrected chi connectivity index (χ0v) is 21.2. The molecule has 3 rings (SSSR count). The standard InChI is InChI=1S/C21H33N5O3S2/c1-14-11-21(3,4)26(12-14)19-16(9-10-18(22-19)30(6,7)8)20(27)24-31(28,29)17-13-25(5)23-15(17)2/h9-10,13-14H,11-12H2,1-8H3,(H,24,27)/t14-/m0/s1. The minimum atomic E-state index is -4.06. The number of amides is 1. The molecule has 8 nitrogen and oxygen atoms in total. The summed E-state index contributed by atoms with van der Waals surface area (Å²) in [5, 5.41) is 5.00. The number of carbonyl (C=O) groups is 1. The third-order valence-corrected chi connectivity index (χ3v) is 8.45. The van der Waals surface area contributed by atoms with E-state index in [2.05, 4.69) is 54.3 Å². The predicted octanol–water partition coefficient (Wildman–Crippen LogP) is 2.92. The highest BCUT2D eigenvalue weighted by atomic mass is 32.3. The predicted molar refractivity (Wildman–Crippen MR) is 126 cm³/mol. The Balaban J connectivity index is 2.06. The van der Waals surface area contributed by atoms with E-state index < -0.39 is 26.0 Å². The van der Waals surface area contributed by atoms with Crippen LogP contribution in [-0.2, 0) is 17.1 Å². The molecule has 172 valence electrons. The number of aromatic nitrogens is 3. The molecule has 2 aromatic heterocycles. The minimum Gasteiger partial charge on any atom is -0.351 e. The van der Waals surface area contributed by atoms with Crippen LogP contribution in [0.1, 0.15) is 43.2 Å². The maximum absolute atomic E-state index is 13.2. The second-order valence-electron chi connectivity index (χ2n) is 9.78. The van der Waals surface area contributed by atoms with Crippen LogP contribution in [0, 0.1) is 12.8 Å². The number of rotatable bonds is 5. The number of pyridine rings is 1. The van der Waals surface area contributed by atoms with Crippen molar-refractivity contribution in [3.63, 3.8) is 0 Å². The zero-order chi connectivity index (χ0) is 23.4. The average molecular weight is 468 g/mol. The summed E-state index contributed by atoms with van der Waals surface area (Å²) in [6.45, 7) is 8.80. The molecule has 1 amide bonds. The summed E-state index contributed by atoms with van der Waals surface area (Å²) in [5.41, 5.74) is 0.411. The van der Waals surface area contributed by atoms with E-state index in [0.29, 0.717) is 17.4 Å². The molecule has 1 aliphatic rings. The molecule has 0 bridgehead atoms. The van der Waals surface area contributed by atoms with Gasteiger partial charge in [0.25, 0.3) is 15.9 Å². The van der Waals surface area contributed by atoms with Gasteiger partial charge in [-0.2, -0.15) is 5.10 Å². The summed E-state index contributed by atoms with van der Waals surface area (Å²) in [6, 6.07) is 3.54. The van der Waals surface area contributed by atoms with Crippen molar-refractivity contribution in [2.45, 2.75) is 49.6 Å². The molecule has 0 aliphatic carbocycles. The van der Waals surface area contributed by atoms with E-state index in [1.807, 2.05) is 6.07 Å². The maximum atomic E-state index is 13.2. The Bertz CT molecular complexity index is 1120. The van der Waals surface area contributed by atoms with E-state index in [0.717, 1.165) is 18.0 Å². The van der Waals surface area contributed by atoms with E-state index >= 15 is 0 Å². The van der Waals surface area contributed by atoms with Crippen LogP contribution in [0.25, 0.3) is 0 Å². The number of nitrogens with one attached hydrogen (secondary N) is 1. The van der Waals surface area contributed by atoms with Crippen LogP contribution >= 0.6 is 10.0 Å². The van der Waals surface area contributed by atoms with Crippen molar-refractivity contribution >= 4 is 31.8 Å². The lowest BCUT2D eigenvalue weighted by molar-refractivity contribution is 0.0981. The SMILES string of the molecule is Cc1nn(C)cc1S(=O)(=O)NC(=O)c1ccc(S(C)(C)C)nc1N1C[C@@H](C)CC1(C)C. The minimum absolute atomic E-state index is 0.0104. The van der Waals surface area contributed by atoms with E-state index in [-0.39, 0.29) is 16.0 Å². The number of sulfonamides is 1. The summed E-state index contributed by atoms with van der Waals surface area (Å²) in [7, 11) is -3.55. The summed E-state index contributed by atoms with van der Waals surface area (Å²) < 4.78 is 29.4. The largest absolute Gasteiger partial charge is 0.351 e. The molecule has 1 fully saturated rings. The van der Waals surface area contributed by atoms with Crippen LogP contribution in [0.2, 0.25) is 0 Å². The Morgan fingerprint density at radius 3 is 2.35 bits per heavy atom. The number of hydrogen-bond acceptors (Lipinski definition) is 6. The Kier molecular flexibility index (Phi) is 5.94. The first kappa shape index (κ1) is 23.6. The third-order valence-electron chi connectivity index (χ3n) is 5.54. The Labute approximate surface area is 186 Å². The van der Waals surface area contributed by atoms with Gasteiger partial charge in [0, 0.05) is 25.3 Å². The fourth-order valence-electron chi connectivity index (χ4n) is 4.19. The highest BCUT2D eigenvalue weighted by Gasteiger charge is 2.39. The zero-order valence-electron chi connectivity index (χ0n) is 19.6. The van der Waals surface area contributed by atoms with Crippen molar-refractivity contribution < 1.29 is 13.2 Å². The summed E-state index contributed by atoms with van der Waals surface area (Å²) in [6.07, 6.45) is 8.79. The summed E-state index contributed by atoms with van der Waals surface area (Å²) in [4.78, 5) is 20.2. The van der Waals surface area contributed by atoms with E-state index in [9.17, 15) is 13.2 Å². The second-order valence-corrected chi connectivity index (χ2v) is 15.5. The van der Waals surface area contributed by atoms with Crippen LogP contribution in [0.4, 0.5) is 5.82 Å². The lowest BCUT2D eigenvalue weighted by Gasteiger charge is -2.35. The van der Waals surface area contributed by atoms with Gasteiger partial charge in [0.1, 0.15) is 10.7 Å². The van der Waals surface area contributed by atoms with Crippen molar-refractivity contribution in [2.24, 2.45) is 13.0 Å². The highest BCUT2D eigenvalue weighted by molar-refractivity contribution is 8.32. The highest BCUT2D eigenvalue weighted by Crippen LogP contribution is 2.46. The molecule has 0 radical (unpaired) electrons. The van der Waals surface area contributed by atoms with Crippen LogP contribution in [0.15, 0.2) is 28.3 Å². The van der Waals surface area contributed by atoms with Gasteiger partial charge in [-0.3, -0.25) is 9.48 Å². The first-order valence-electron chi connectivity index (χ1n) is 10.2. The van der Waals surface area contributed by atoms with E-state index in [1.165, 1.54) is 10.9 Å². The summed E-state index contributed by atoms with van der Waals surface area (Å²) in [5.74, 6) is 0.307. The number of nitrogens with zero attached hydrogens (tertiary/aromatic N) is 4. The third kappa shape index (κ3) is 4.74. The molecule has 1 saturated heterocycles. The van der Waals surface area contributed by atoms with E-state index in [1.54, 1.807) is 20.0 Å². The smallest absolute Gasteiger partial charge is 0.268 e. The molecule has 0 unspecified atom stereocenters. The molecule has 2 aromatic rings. The van der Waals surface area contributed by atoms with Gasteiger partial charge in [0.2, 0.25) is 0 Å². The van der Waals surface area contributed by atoms with Gasteiger partial charge in [-0.25, -0.2) is 28.2 Å². The maximum Gasteiger partial charge on any atom is 0.268 e. The van der Waals surface area contributed by atoms with E-state index in [4.69, 9.17) is 4.98 Å². The van der Waals surface area contributed by atoms with Gasteiger partial charge in [-0.1, -0.05) is 6.92 Å². The fraction of sp³-hybridized carbons (Fsp3) is 0.571. The molecular weight excluding hydrogens is 434 g/mol. The molecule has 0 aromatic carbocycles. The molecule has 31 heavy (non-hydrogen) atoms. The van der Waals surface area contributed by atoms with Gasteiger partial charge >= 0.3 is 0 Å². The lowest BCUT2D eigenvalue weighted by Crippen LogP contribution is -2.41. The quantitative estimate of drug-likeness (QED) is 0.726. The monoisotopic (exact) mass is 467 g/mol. The van der Waals surface area contributed by atoms with Crippen molar-refractivity contribution in [2.75, 3.05) is 30.2 Å². The number of anilines is 1. The second kappa shape index (κ2) is 7.81. The van der Waals surface area contributed by atoms with Crippen molar-refractivity contribution in [3.8, 4) is 0 Å². The summed E-state index contributed by atoms with van der Waals surface area (Å²) >= 11 is 0. The first-order chi connectivity index (χ1) is 14.1. The molecule has 10 heteroatoms. The Morgan fingerprint density at radius 2 is 1.87 bits per heavy atom. The normalized spacial score (nSPS) is 19.5. The lowest BCUT2D eigenvalue weighted by atomic mass is 9.97. The number of carbonyl (C=O) groups excluding carboxylic acids is 1. The van der Waals surface area contributed by atoms with Crippen molar-refractivity contribution in [1.82, 2.24) is 19.5 Å². The Hall–Kier alpha value is -2.07. The average Bonchev–Trinajstić information content (AvgIpc) is 3.10. The molecule has 1 N–H and O–H groups in total. The fourth-order valence-corrected chi connectivity index (χ4v) is 6.21. The van der Waals surface area contributed by atoms with Gasteiger partial charge in [-0.15, -0.1) is 0 Å². The molecule has 0 spiro atoms. The van der Waals surface area contributed by atoms with Crippen molar-refractivity contribution in [3.05, 3.63) is 29.6 Å². The molecule has 1 aliphatic heterocycles. The molecular formula is C21H33N5O3S2. The molecule has 1 atom stereocenters. The van der Waals surface area contributed by atoms with Gasteiger partial charge in [0.05, 0.1) is 16.3 Å². The van der Waals surface area contributed by atoms with Crippen LogP contribution < -0.4 is 9.62 Å². The number of aryl methyl sites for hydroxylation is 2. The van der Waals surface area contributed by atoms with Crippen LogP contribution in [-0.4, -0.2) is 59.9 Å². The van der Waals surface area contributed by atoms with Gasteiger partial charge < -0.3 is 4.90 Å². The van der Waals surface area contributed by atoms with Crippen LogP contribution in [0.5, 0.6) is 0 Å².